The summed E-state index contributed by atoms with van der Waals surface area (Å²) < 4.78 is 15.1. The van der Waals surface area contributed by atoms with Crippen molar-refractivity contribution in [3.8, 4) is 5.75 Å². The number of rotatable bonds is 7. The van der Waals surface area contributed by atoms with Crippen LogP contribution in [0.2, 0.25) is 0 Å². The molecule has 1 aromatic carbocycles. The molecule has 0 fully saturated rings. The topological polar surface area (TPSA) is 61.8 Å². The highest BCUT2D eigenvalue weighted by molar-refractivity contribution is 5.78. The Labute approximate surface area is 131 Å². The van der Waals surface area contributed by atoms with Crippen molar-refractivity contribution < 1.29 is 23.8 Å². The van der Waals surface area contributed by atoms with Gasteiger partial charge < -0.3 is 14.2 Å². The molecule has 0 amide bonds. The minimum Gasteiger partial charge on any atom is -0.476 e. The van der Waals surface area contributed by atoms with E-state index in [1.54, 1.807) is 13.8 Å². The van der Waals surface area contributed by atoms with Crippen LogP contribution in [-0.2, 0) is 25.5 Å². The first-order valence-electron chi connectivity index (χ1n) is 7.24. The average molecular weight is 308 g/mol. The van der Waals surface area contributed by atoms with Gasteiger partial charge >= 0.3 is 11.9 Å². The highest BCUT2D eigenvalue weighted by Crippen LogP contribution is 2.25. The monoisotopic (exact) mass is 308 g/mol. The van der Waals surface area contributed by atoms with E-state index in [4.69, 9.17) is 9.47 Å². The van der Waals surface area contributed by atoms with E-state index in [9.17, 15) is 9.59 Å². The second-order valence-corrected chi connectivity index (χ2v) is 5.63. The van der Waals surface area contributed by atoms with Crippen molar-refractivity contribution in [2.75, 3.05) is 14.2 Å². The normalized spacial score (nSPS) is 11.0. The van der Waals surface area contributed by atoms with Crippen LogP contribution < -0.4 is 4.74 Å². The second kappa shape index (κ2) is 7.82. The zero-order chi connectivity index (χ0) is 16.8. The van der Waals surface area contributed by atoms with Crippen LogP contribution in [0, 0.1) is 6.92 Å². The van der Waals surface area contributed by atoms with Crippen LogP contribution in [0.5, 0.6) is 5.75 Å². The first kappa shape index (κ1) is 18.0. The van der Waals surface area contributed by atoms with Crippen molar-refractivity contribution >= 4 is 11.9 Å². The van der Waals surface area contributed by atoms with Gasteiger partial charge in [0.25, 0.3) is 0 Å². The molecule has 0 bridgehead atoms. The lowest BCUT2D eigenvalue weighted by atomic mass is 10.0. The Hall–Kier alpha value is -2.04. The Kier molecular flexibility index (Phi) is 6.40. The minimum absolute atomic E-state index is 0.198. The predicted molar refractivity (Wildman–Crippen MR) is 82.9 cm³/mol. The maximum absolute atomic E-state index is 11.7. The first-order valence-corrected chi connectivity index (χ1v) is 7.24. The molecule has 0 atom stereocenters. The molecule has 0 aliphatic rings. The Bertz CT molecular complexity index is 534. The quantitative estimate of drug-likeness (QED) is 0.725. The number of hydrogen-bond donors (Lipinski definition) is 0. The molecular weight excluding hydrogens is 284 g/mol. The fourth-order valence-electron chi connectivity index (χ4n) is 2.08. The van der Waals surface area contributed by atoms with Crippen LogP contribution in [0.25, 0.3) is 0 Å². The summed E-state index contributed by atoms with van der Waals surface area (Å²) in [6, 6.07) is 5.78. The van der Waals surface area contributed by atoms with Crippen LogP contribution in [0.1, 0.15) is 37.8 Å². The lowest BCUT2D eigenvalue weighted by Crippen LogP contribution is -2.39. The smallest absolute Gasteiger partial charge is 0.349 e. The molecule has 1 rings (SSSR count). The standard InChI is InChI=1S/C17H24O5/c1-12-11-13(7-6-8-15(18)20-4)9-10-14(12)22-17(2,3)16(19)21-5/h9-11H,6-8H2,1-5H3. The lowest BCUT2D eigenvalue weighted by Gasteiger charge is -2.24. The molecule has 1 aromatic rings. The molecule has 0 saturated carbocycles. The highest BCUT2D eigenvalue weighted by Gasteiger charge is 2.31. The van der Waals surface area contributed by atoms with Gasteiger partial charge in [0.2, 0.25) is 0 Å². The number of benzene rings is 1. The summed E-state index contributed by atoms with van der Waals surface area (Å²) >= 11 is 0. The largest absolute Gasteiger partial charge is 0.476 e. The van der Waals surface area contributed by atoms with Crippen molar-refractivity contribution in [3.63, 3.8) is 0 Å². The molecule has 5 heteroatoms. The lowest BCUT2D eigenvalue weighted by molar-refractivity contribution is -0.156. The number of carbonyl (C=O) groups excluding carboxylic acids is 2. The van der Waals surface area contributed by atoms with Gasteiger partial charge in [-0.1, -0.05) is 12.1 Å². The number of aryl methyl sites for hydroxylation is 2. The fraction of sp³-hybridized carbons (Fsp3) is 0.529. The summed E-state index contributed by atoms with van der Waals surface area (Å²) in [5, 5.41) is 0. The SMILES string of the molecule is COC(=O)CCCc1ccc(OC(C)(C)C(=O)OC)c(C)c1. The van der Waals surface area contributed by atoms with Crippen LogP contribution in [-0.4, -0.2) is 31.8 Å². The van der Waals surface area contributed by atoms with Crippen molar-refractivity contribution in [1.82, 2.24) is 0 Å². The van der Waals surface area contributed by atoms with E-state index in [0.717, 1.165) is 24.0 Å². The van der Waals surface area contributed by atoms with Crippen LogP contribution in [0.3, 0.4) is 0 Å². The summed E-state index contributed by atoms with van der Waals surface area (Å²) in [6.07, 6.45) is 1.93. The van der Waals surface area contributed by atoms with E-state index >= 15 is 0 Å². The zero-order valence-electron chi connectivity index (χ0n) is 13.9. The van der Waals surface area contributed by atoms with E-state index in [1.165, 1.54) is 14.2 Å². The average Bonchev–Trinajstić information content (AvgIpc) is 2.48. The van der Waals surface area contributed by atoms with Crippen LogP contribution >= 0.6 is 0 Å². The Morgan fingerprint density at radius 1 is 1.14 bits per heavy atom. The third-order valence-electron chi connectivity index (χ3n) is 3.36. The molecule has 122 valence electrons. The molecule has 0 aliphatic heterocycles. The number of ether oxygens (including phenoxy) is 3. The maximum Gasteiger partial charge on any atom is 0.349 e. The minimum atomic E-state index is -1.04. The van der Waals surface area contributed by atoms with Crippen molar-refractivity contribution in [2.45, 2.75) is 45.6 Å². The second-order valence-electron chi connectivity index (χ2n) is 5.63. The Morgan fingerprint density at radius 3 is 2.36 bits per heavy atom. The highest BCUT2D eigenvalue weighted by atomic mass is 16.6. The molecular formula is C17H24O5. The van der Waals surface area contributed by atoms with E-state index in [2.05, 4.69) is 4.74 Å². The third kappa shape index (κ3) is 5.06. The van der Waals surface area contributed by atoms with Crippen molar-refractivity contribution in [3.05, 3.63) is 29.3 Å². The van der Waals surface area contributed by atoms with Gasteiger partial charge in [0.05, 0.1) is 14.2 Å². The van der Waals surface area contributed by atoms with Crippen molar-refractivity contribution in [2.24, 2.45) is 0 Å². The number of methoxy groups -OCH3 is 2. The first-order chi connectivity index (χ1) is 10.3. The number of esters is 2. The predicted octanol–water partition coefficient (Wildman–Crippen LogP) is 2.82. The van der Waals surface area contributed by atoms with Gasteiger partial charge in [0, 0.05) is 6.42 Å². The molecule has 0 N–H and O–H groups in total. The molecule has 22 heavy (non-hydrogen) atoms. The van der Waals surface area contributed by atoms with Crippen LogP contribution in [0.15, 0.2) is 18.2 Å². The van der Waals surface area contributed by atoms with Gasteiger partial charge in [0.15, 0.2) is 5.60 Å². The summed E-state index contributed by atoms with van der Waals surface area (Å²) in [5.74, 6) is 0.0256. The van der Waals surface area contributed by atoms with Gasteiger partial charge in [-0.2, -0.15) is 0 Å². The van der Waals surface area contributed by atoms with Gasteiger partial charge in [0.1, 0.15) is 5.75 Å². The van der Waals surface area contributed by atoms with Gasteiger partial charge in [-0.25, -0.2) is 4.79 Å². The summed E-state index contributed by atoms with van der Waals surface area (Å²) in [6.45, 7) is 5.26. The molecule has 0 unspecified atom stereocenters. The molecule has 0 saturated heterocycles. The molecule has 5 nitrogen and oxygen atoms in total. The molecule has 0 aliphatic carbocycles. The van der Waals surface area contributed by atoms with E-state index in [-0.39, 0.29) is 5.97 Å². The fourth-order valence-corrected chi connectivity index (χ4v) is 2.08. The molecule has 0 radical (unpaired) electrons. The van der Waals surface area contributed by atoms with Crippen molar-refractivity contribution in [1.29, 1.82) is 0 Å². The van der Waals surface area contributed by atoms with Gasteiger partial charge in [-0.3, -0.25) is 4.79 Å². The summed E-state index contributed by atoms with van der Waals surface area (Å²) in [7, 11) is 2.73. The zero-order valence-corrected chi connectivity index (χ0v) is 13.9. The molecule has 0 heterocycles. The molecule has 0 aromatic heterocycles. The Balaban J connectivity index is 2.69. The van der Waals surface area contributed by atoms with Gasteiger partial charge in [-0.15, -0.1) is 0 Å². The third-order valence-corrected chi connectivity index (χ3v) is 3.36. The molecule has 0 spiro atoms. The summed E-state index contributed by atoms with van der Waals surface area (Å²) in [4.78, 5) is 22.7. The number of carbonyl (C=O) groups is 2. The maximum atomic E-state index is 11.7. The van der Waals surface area contributed by atoms with Crippen LogP contribution in [0.4, 0.5) is 0 Å². The van der Waals surface area contributed by atoms with E-state index in [0.29, 0.717) is 12.2 Å². The Morgan fingerprint density at radius 2 is 1.82 bits per heavy atom. The van der Waals surface area contributed by atoms with Gasteiger partial charge in [-0.05, 0) is 50.8 Å². The van der Waals surface area contributed by atoms with E-state index in [1.807, 2.05) is 25.1 Å². The number of hydrogen-bond acceptors (Lipinski definition) is 5. The summed E-state index contributed by atoms with van der Waals surface area (Å²) in [5.41, 5.74) is 1.02. The van der Waals surface area contributed by atoms with E-state index < -0.39 is 11.6 Å².